The third-order valence-electron chi connectivity index (χ3n) is 6.98. The summed E-state index contributed by atoms with van der Waals surface area (Å²) < 4.78 is 0. The summed E-state index contributed by atoms with van der Waals surface area (Å²) in [5.41, 5.74) is 15.1. The molecule has 6 rings (SSSR count). The van der Waals surface area contributed by atoms with Gasteiger partial charge < -0.3 is 11.5 Å². The lowest BCUT2D eigenvalue weighted by Crippen LogP contribution is -2.45. The topological polar surface area (TPSA) is 138 Å². The number of fused-ring (bicyclic) bond motifs is 6. The van der Waals surface area contributed by atoms with Crippen molar-refractivity contribution in [3.8, 4) is 33.4 Å². The van der Waals surface area contributed by atoms with Gasteiger partial charge in [-0.05, 0) is 51.6 Å². The third-order valence-corrected chi connectivity index (χ3v) is 6.98. The lowest BCUT2D eigenvalue weighted by molar-refractivity contribution is -0.795. The molecule has 0 heterocycles. The van der Waals surface area contributed by atoms with Crippen molar-refractivity contribution in [2.75, 3.05) is 0 Å². The van der Waals surface area contributed by atoms with E-state index in [1.165, 1.54) is 6.07 Å². The molecule has 2 aliphatic rings. The Morgan fingerprint density at radius 2 is 1.00 bits per heavy atom. The van der Waals surface area contributed by atoms with Crippen molar-refractivity contribution in [1.82, 2.24) is 0 Å². The van der Waals surface area contributed by atoms with Gasteiger partial charge in [0, 0.05) is 11.1 Å². The Morgan fingerprint density at radius 1 is 0.559 bits per heavy atom. The van der Waals surface area contributed by atoms with Crippen LogP contribution in [0.4, 0.5) is 0 Å². The number of rotatable bonds is 3. The predicted octanol–water partition coefficient (Wildman–Crippen LogP) is 4.19. The second-order valence-corrected chi connectivity index (χ2v) is 8.67. The van der Waals surface area contributed by atoms with E-state index in [9.17, 15) is 20.2 Å². The Morgan fingerprint density at radius 3 is 1.59 bits per heavy atom. The second-order valence-electron chi connectivity index (χ2n) is 8.67. The van der Waals surface area contributed by atoms with E-state index in [0.717, 1.165) is 22.3 Å². The lowest BCUT2D eigenvalue weighted by atomic mass is 9.92. The van der Waals surface area contributed by atoms with Crippen molar-refractivity contribution in [3.05, 3.63) is 127 Å². The highest BCUT2D eigenvalue weighted by Gasteiger charge is 2.65. The van der Waals surface area contributed by atoms with Crippen LogP contribution in [-0.2, 0) is 11.3 Å². The molecular weight excluding hydrogens is 432 g/mol. The predicted molar refractivity (Wildman–Crippen MR) is 127 cm³/mol. The number of nitrogens with zero attached hydrogens (tertiary/aromatic N) is 2. The Labute approximate surface area is 193 Å². The molecule has 0 saturated carbocycles. The van der Waals surface area contributed by atoms with Crippen LogP contribution in [0.3, 0.4) is 0 Å². The van der Waals surface area contributed by atoms with Crippen LogP contribution in [0.1, 0.15) is 22.3 Å². The number of nitro groups is 2. The first-order valence-electron chi connectivity index (χ1n) is 10.6. The van der Waals surface area contributed by atoms with Crippen molar-refractivity contribution < 1.29 is 9.85 Å². The summed E-state index contributed by atoms with van der Waals surface area (Å²) in [4.78, 5) is 22.8. The lowest BCUT2D eigenvalue weighted by Gasteiger charge is -2.22. The molecule has 4 aromatic rings. The van der Waals surface area contributed by atoms with E-state index in [4.69, 9.17) is 11.5 Å². The molecule has 0 fully saturated rings. The molecule has 0 radical (unpaired) electrons. The van der Waals surface area contributed by atoms with Crippen LogP contribution < -0.4 is 11.5 Å². The zero-order valence-electron chi connectivity index (χ0n) is 17.8. The average molecular weight is 450 g/mol. The fourth-order valence-corrected chi connectivity index (χ4v) is 5.40. The molecule has 8 heteroatoms. The van der Waals surface area contributed by atoms with E-state index in [-0.39, 0.29) is 11.1 Å². The van der Waals surface area contributed by atoms with Crippen LogP contribution in [0.2, 0.25) is 0 Å². The molecule has 0 aromatic heterocycles. The van der Waals surface area contributed by atoms with Gasteiger partial charge in [-0.3, -0.25) is 20.2 Å². The summed E-state index contributed by atoms with van der Waals surface area (Å²) in [6, 6.07) is 24.8. The summed E-state index contributed by atoms with van der Waals surface area (Å²) in [5, 5.41) is 24.5. The van der Waals surface area contributed by atoms with Crippen LogP contribution in [0.25, 0.3) is 33.4 Å². The largest absolute Gasteiger partial charge is 0.511 e. The summed E-state index contributed by atoms with van der Waals surface area (Å²) in [6.07, 6.45) is 0. The standard InChI is InChI=1S/C26H18N4O4/c27-25(28)21-7-3-1-5-17(21)19-11-9-15(13-23(19)25)16-10-12-20-18-6-2-4-8-22(18)26(29(31)32,30(33)34)24(20)14-16/h1-14H,27-28H2. The molecule has 0 bridgehead atoms. The van der Waals surface area contributed by atoms with Crippen LogP contribution >= 0.6 is 0 Å². The van der Waals surface area contributed by atoms with E-state index < -0.39 is 21.2 Å². The molecule has 2 aliphatic carbocycles. The minimum Gasteiger partial charge on any atom is -0.306 e. The van der Waals surface area contributed by atoms with Gasteiger partial charge in [-0.2, -0.15) is 0 Å². The highest BCUT2D eigenvalue weighted by atomic mass is 16.7. The number of hydrogen-bond acceptors (Lipinski definition) is 6. The summed E-state index contributed by atoms with van der Waals surface area (Å²) in [5.74, 6) is 0. The zero-order valence-corrected chi connectivity index (χ0v) is 17.8. The van der Waals surface area contributed by atoms with Crippen LogP contribution in [-0.4, -0.2) is 9.85 Å². The van der Waals surface area contributed by atoms with Crippen molar-refractivity contribution in [2.45, 2.75) is 11.3 Å². The van der Waals surface area contributed by atoms with E-state index in [2.05, 4.69) is 0 Å². The van der Waals surface area contributed by atoms with Gasteiger partial charge in [-0.15, -0.1) is 0 Å². The number of benzene rings is 4. The third kappa shape index (κ3) is 2.33. The average Bonchev–Trinajstić information content (AvgIpc) is 3.26. The fourth-order valence-electron chi connectivity index (χ4n) is 5.40. The summed E-state index contributed by atoms with van der Waals surface area (Å²) >= 11 is 0. The number of hydrogen-bond donors (Lipinski definition) is 2. The molecule has 0 unspecified atom stereocenters. The molecule has 166 valence electrons. The Kier molecular flexibility index (Phi) is 3.91. The zero-order chi connectivity index (χ0) is 23.8. The molecule has 4 N–H and O–H groups in total. The maximum absolute atomic E-state index is 12.2. The van der Waals surface area contributed by atoms with Gasteiger partial charge in [-0.25, -0.2) is 0 Å². The molecule has 4 aromatic carbocycles. The highest BCUT2D eigenvalue weighted by Crippen LogP contribution is 2.51. The maximum Gasteiger partial charge on any atom is 0.511 e. The molecule has 34 heavy (non-hydrogen) atoms. The van der Waals surface area contributed by atoms with Gasteiger partial charge in [0.25, 0.3) is 0 Å². The molecule has 0 atom stereocenters. The summed E-state index contributed by atoms with van der Waals surface area (Å²) in [7, 11) is 0. The molecule has 0 aliphatic heterocycles. The van der Waals surface area contributed by atoms with Gasteiger partial charge in [0.2, 0.25) is 0 Å². The van der Waals surface area contributed by atoms with E-state index >= 15 is 0 Å². The van der Waals surface area contributed by atoms with Crippen molar-refractivity contribution >= 4 is 0 Å². The Hall–Kier alpha value is -4.40. The first-order chi connectivity index (χ1) is 16.3. The Balaban J connectivity index is 1.56. The second kappa shape index (κ2) is 6.57. The van der Waals surface area contributed by atoms with Gasteiger partial charge in [0.15, 0.2) is 0 Å². The molecular formula is C26H18N4O4. The molecule has 0 amide bonds. The van der Waals surface area contributed by atoms with Gasteiger partial charge in [-0.1, -0.05) is 66.7 Å². The monoisotopic (exact) mass is 450 g/mol. The molecule has 0 saturated heterocycles. The Bertz CT molecular complexity index is 1550. The van der Waals surface area contributed by atoms with E-state index in [0.29, 0.717) is 22.3 Å². The quantitative estimate of drug-likeness (QED) is 0.273. The van der Waals surface area contributed by atoms with Crippen molar-refractivity contribution in [3.63, 3.8) is 0 Å². The number of nitrogens with two attached hydrogens (primary N) is 2. The van der Waals surface area contributed by atoms with Crippen molar-refractivity contribution in [2.24, 2.45) is 11.5 Å². The molecule has 0 spiro atoms. The highest BCUT2D eigenvalue weighted by molar-refractivity contribution is 5.85. The molecule has 8 nitrogen and oxygen atoms in total. The van der Waals surface area contributed by atoms with Crippen LogP contribution in [0.15, 0.2) is 84.9 Å². The maximum atomic E-state index is 12.2. The SMILES string of the molecule is NC1(N)c2ccccc2-c2ccc(-c3ccc4c(c3)C([N+](=O)[O-])([N+](=O)[O-])c3ccccc3-4)cc21. The first kappa shape index (κ1) is 20.2. The fraction of sp³-hybridized carbons (Fsp3) is 0.0769. The van der Waals surface area contributed by atoms with Crippen LogP contribution in [0, 0.1) is 20.2 Å². The van der Waals surface area contributed by atoms with Gasteiger partial charge in [0.1, 0.15) is 26.6 Å². The summed E-state index contributed by atoms with van der Waals surface area (Å²) in [6.45, 7) is 0. The van der Waals surface area contributed by atoms with E-state index in [1.54, 1.807) is 30.3 Å². The first-order valence-corrected chi connectivity index (χ1v) is 10.6. The van der Waals surface area contributed by atoms with Crippen LogP contribution in [0.5, 0.6) is 0 Å². The normalized spacial score (nSPS) is 15.7. The van der Waals surface area contributed by atoms with Crippen molar-refractivity contribution in [1.29, 1.82) is 0 Å². The van der Waals surface area contributed by atoms with Gasteiger partial charge >= 0.3 is 5.66 Å². The minimum atomic E-state index is -2.57. The minimum absolute atomic E-state index is 0.0387. The smallest absolute Gasteiger partial charge is 0.306 e. The van der Waals surface area contributed by atoms with E-state index in [1.807, 2.05) is 48.5 Å². The van der Waals surface area contributed by atoms with Gasteiger partial charge in [0.05, 0.1) is 0 Å².